The van der Waals surface area contributed by atoms with E-state index in [9.17, 15) is 14.7 Å². The second-order valence-corrected chi connectivity index (χ2v) is 8.78. The highest BCUT2D eigenvalue weighted by atomic mass is 35.5. The Labute approximate surface area is 197 Å². The van der Waals surface area contributed by atoms with E-state index in [1.807, 2.05) is 66.7 Å². The first kappa shape index (κ1) is 21.4. The average Bonchev–Trinajstić information content (AvgIpc) is 3.03. The summed E-state index contributed by atoms with van der Waals surface area (Å²) in [6.07, 6.45) is 0.275. The first-order valence-electron chi connectivity index (χ1n) is 10.9. The molecule has 4 aromatic rings. The number of nitrogens with zero attached hydrogens (tertiary/aromatic N) is 1. The lowest BCUT2D eigenvalue weighted by atomic mass is 9.87. The van der Waals surface area contributed by atoms with Crippen LogP contribution in [0.4, 0.5) is 5.69 Å². The van der Waals surface area contributed by atoms with E-state index in [4.69, 9.17) is 11.6 Å². The van der Waals surface area contributed by atoms with Crippen molar-refractivity contribution in [3.63, 3.8) is 0 Å². The summed E-state index contributed by atoms with van der Waals surface area (Å²) >= 11 is 6.22. The van der Waals surface area contributed by atoms with Crippen LogP contribution in [0.15, 0.2) is 91.0 Å². The Kier molecular flexibility index (Phi) is 5.49. The third kappa shape index (κ3) is 3.82. The molecule has 0 aliphatic carbocycles. The van der Waals surface area contributed by atoms with E-state index in [0.717, 1.165) is 16.3 Å². The largest absolute Gasteiger partial charge is 0.375 e. The topological polar surface area (TPSA) is 57.6 Å². The van der Waals surface area contributed by atoms with Gasteiger partial charge in [0.2, 0.25) is 0 Å². The molecule has 1 amide bonds. The van der Waals surface area contributed by atoms with Crippen molar-refractivity contribution in [1.29, 1.82) is 0 Å². The van der Waals surface area contributed by atoms with E-state index in [-0.39, 0.29) is 12.2 Å². The van der Waals surface area contributed by atoms with E-state index < -0.39 is 11.5 Å². The van der Waals surface area contributed by atoms with Crippen molar-refractivity contribution in [2.75, 3.05) is 11.4 Å². The lowest BCUT2D eigenvalue weighted by Crippen LogP contribution is -2.42. The molecule has 0 bridgehead atoms. The Morgan fingerprint density at radius 3 is 2.45 bits per heavy atom. The molecule has 0 saturated heterocycles. The maximum atomic E-state index is 13.5. The molecule has 0 saturated carbocycles. The third-order valence-corrected chi connectivity index (χ3v) is 6.50. The highest BCUT2D eigenvalue weighted by Crippen LogP contribution is 2.44. The lowest BCUT2D eigenvalue weighted by Gasteiger charge is -2.23. The van der Waals surface area contributed by atoms with Gasteiger partial charge >= 0.3 is 0 Å². The van der Waals surface area contributed by atoms with Crippen LogP contribution in [-0.4, -0.2) is 23.3 Å². The standard InChI is InChI=1S/C28H22ClNO3/c29-21-13-14-25-24(17-21)28(33,27(32)30(25)16-15-19-7-2-1-3-8-19)18-26(31)23-12-6-10-20-9-4-5-11-22(20)23/h1-14,17,33H,15-16,18H2. The number of ketones is 1. The van der Waals surface area contributed by atoms with Gasteiger partial charge in [0.1, 0.15) is 0 Å². The molecule has 5 heteroatoms. The third-order valence-electron chi connectivity index (χ3n) is 6.27. The smallest absolute Gasteiger partial charge is 0.264 e. The van der Waals surface area contributed by atoms with Crippen LogP contribution in [-0.2, 0) is 16.8 Å². The summed E-state index contributed by atoms with van der Waals surface area (Å²) in [6.45, 7) is 0.391. The van der Waals surface area contributed by atoms with Crippen molar-refractivity contribution >= 4 is 39.8 Å². The predicted octanol–water partition coefficient (Wildman–Crippen LogP) is 5.54. The van der Waals surface area contributed by atoms with Gasteiger partial charge in [0.15, 0.2) is 11.4 Å². The van der Waals surface area contributed by atoms with E-state index in [2.05, 4.69) is 0 Å². The Hall–Kier alpha value is -3.47. The molecule has 0 radical (unpaired) electrons. The zero-order chi connectivity index (χ0) is 23.0. The molecule has 1 heterocycles. The van der Waals surface area contributed by atoms with Gasteiger partial charge in [0.05, 0.1) is 12.1 Å². The molecule has 0 aromatic heterocycles. The summed E-state index contributed by atoms with van der Waals surface area (Å²) in [7, 11) is 0. The minimum absolute atomic E-state index is 0.293. The Morgan fingerprint density at radius 1 is 0.909 bits per heavy atom. The van der Waals surface area contributed by atoms with E-state index in [1.165, 1.54) is 0 Å². The molecule has 1 aliphatic heterocycles. The number of rotatable bonds is 6. The van der Waals surface area contributed by atoms with E-state index in [0.29, 0.717) is 34.8 Å². The van der Waals surface area contributed by atoms with Gasteiger partial charge in [0.25, 0.3) is 5.91 Å². The lowest BCUT2D eigenvalue weighted by molar-refractivity contribution is -0.135. The fraction of sp³-hybridized carbons (Fsp3) is 0.143. The van der Waals surface area contributed by atoms with Gasteiger partial charge in [-0.1, -0.05) is 84.4 Å². The number of carbonyl (C=O) groups is 2. The fourth-order valence-corrected chi connectivity index (χ4v) is 4.77. The Balaban J connectivity index is 1.49. The number of hydrogen-bond donors (Lipinski definition) is 1. The molecule has 4 aromatic carbocycles. The second kappa shape index (κ2) is 8.47. The highest BCUT2D eigenvalue weighted by molar-refractivity contribution is 6.31. The number of hydrogen-bond acceptors (Lipinski definition) is 3. The fourth-order valence-electron chi connectivity index (χ4n) is 4.60. The van der Waals surface area contributed by atoms with Crippen LogP contribution >= 0.6 is 11.6 Å². The number of Topliss-reactive ketones (excluding diaryl/α,β-unsaturated/α-hetero) is 1. The van der Waals surface area contributed by atoms with Gasteiger partial charge in [0, 0.05) is 22.7 Å². The normalized spacial score (nSPS) is 17.4. The summed E-state index contributed by atoms with van der Waals surface area (Å²) in [4.78, 5) is 28.5. The maximum Gasteiger partial charge on any atom is 0.264 e. The minimum Gasteiger partial charge on any atom is -0.375 e. The quantitative estimate of drug-likeness (QED) is 0.388. The van der Waals surface area contributed by atoms with Gasteiger partial charge in [-0.05, 0) is 41.0 Å². The molecule has 0 fully saturated rings. The number of carbonyl (C=O) groups excluding carboxylic acids is 2. The van der Waals surface area contributed by atoms with Gasteiger partial charge in [-0.2, -0.15) is 0 Å². The van der Waals surface area contributed by atoms with Gasteiger partial charge in [-0.15, -0.1) is 0 Å². The highest BCUT2D eigenvalue weighted by Gasteiger charge is 2.51. The number of anilines is 1. The number of halogens is 1. The van der Waals surface area contributed by atoms with Gasteiger partial charge in [-0.25, -0.2) is 0 Å². The molecular formula is C28H22ClNO3. The van der Waals surface area contributed by atoms with Crippen LogP contribution < -0.4 is 4.90 Å². The summed E-state index contributed by atoms with van der Waals surface area (Å²) in [5.74, 6) is -0.789. The van der Waals surface area contributed by atoms with Crippen molar-refractivity contribution < 1.29 is 14.7 Å². The van der Waals surface area contributed by atoms with Crippen LogP contribution in [0, 0.1) is 0 Å². The van der Waals surface area contributed by atoms with Crippen LogP contribution in [0.5, 0.6) is 0 Å². The van der Waals surface area contributed by atoms with Gasteiger partial charge in [-0.3, -0.25) is 9.59 Å². The molecule has 164 valence electrons. The average molecular weight is 456 g/mol. The predicted molar refractivity (Wildman–Crippen MR) is 131 cm³/mol. The molecular weight excluding hydrogens is 434 g/mol. The van der Waals surface area contributed by atoms with Crippen molar-refractivity contribution in [2.45, 2.75) is 18.4 Å². The number of benzene rings is 4. The van der Waals surface area contributed by atoms with E-state index in [1.54, 1.807) is 29.2 Å². The van der Waals surface area contributed by atoms with Gasteiger partial charge < -0.3 is 10.0 Å². The van der Waals surface area contributed by atoms with Crippen molar-refractivity contribution in [2.24, 2.45) is 0 Å². The summed E-state index contributed by atoms with van der Waals surface area (Å²) in [5.41, 5.74) is 0.573. The molecule has 4 nitrogen and oxygen atoms in total. The monoisotopic (exact) mass is 455 g/mol. The number of amides is 1. The zero-order valence-corrected chi connectivity index (χ0v) is 18.6. The van der Waals surface area contributed by atoms with Crippen LogP contribution in [0.25, 0.3) is 10.8 Å². The SMILES string of the molecule is O=C(CC1(O)C(=O)N(CCc2ccccc2)c2ccc(Cl)cc21)c1cccc2ccccc12. The van der Waals surface area contributed by atoms with Crippen molar-refractivity contribution in [1.82, 2.24) is 0 Å². The maximum absolute atomic E-state index is 13.5. The minimum atomic E-state index is -1.97. The molecule has 33 heavy (non-hydrogen) atoms. The van der Waals surface area contributed by atoms with Crippen LogP contribution in [0.3, 0.4) is 0 Å². The molecule has 1 unspecified atom stereocenters. The summed E-state index contributed by atoms with van der Waals surface area (Å²) in [6, 6.07) is 27.9. The molecule has 1 N–H and O–H groups in total. The van der Waals surface area contributed by atoms with Crippen LogP contribution in [0.1, 0.15) is 27.9 Å². The second-order valence-electron chi connectivity index (χ2n) is 8.34. The summed E-state index contributed by atoms with van der Waals surface area (Å²) < 4.78 is 0. The van der Waals surface area contributed by atoms with Crippen LogP contribution in [0.2, 0.25) is 5.02 Å². The molecule has 5 rings (SSSR count). The number of aliphatic hydroxyl groups is 1. The first-order valence-corrected chi connectivity index (χ1v) is 11.2. The first-order chi connectivity index (χ1) is 16.0. The van der Waals surface area contributed by atoms with Crippen molar-refractivity contribution in [3.05, 3.63) is 113 Å². The van der Waals surface area contributed by atoms with E-state index >= 15 is 0 Å². The van der Waals surface area contributed by atoms with Crippen molar-refractivity contribution in [3.8, 4) is 0 Å². The molecule has 1 aliphatic rings. The Bertz CT molecular complexity index is 1360. The summed E-state index contributed by atoms with van der Waals surface area (Å²) in [5, 5.41) is 13.8. The molecule has 1 atom stereocenters. The Morgan fingerprint density at radius 2 is 1.64 bits per heavy atom. The zero-order valence-electron chi connectivity index (χ0n) is 17.9. The number of fused-ring (bicyclic) bond motifs is 2. The molecule has 0 spiro atoms.